The number of esters is 1. The summed E-state index contributed by atoms with van der Waals surface area (Å²) >= 11 is 0. The number of rotatable bonds is 9. The number of hydrogen-bond acceptors (Lipinski definition) is 6. The van der Waals surface area contributed by atoms with Gasteiger partial charge in [0, 0.05) is 19.7 Å². The third-order valence-electron chi connectivity index (χ3n) is 4.58. The fraction of sp³-hybridized carbons (Fsp3) is 0.600. The van der Waals surface area contributed by atoms with Crippen LogP contribution in [0.3, 0.4) is 0 Å². The fourth-order valence-corrected chi connectivity index (χ4v) is 2.97. The number of hydrogen-bond donors (Lipinski definition) is 1. The number of carbonyl (C=O) groups excluding carboxylic acids is 2. The first kappa shape index (κ1) is 21.2. The standard InChI is InChI=1S/C20H29NO6/c1-2-26-19(23)18(22)15-25-13-10-16-8-11-21(12-9-16)20(24)27-14-17-6-4-3-5-7-17/h3-7,16,18,22H,2,8-15H2,1H3. The van der Waals surface area contributed by atoms with E-state index in [1.165, 1.54) is 0 Å². The SMILES string of the molecule is CCOC(=O)C(O)COCCC1CCN(C(=O)OCc2ccccc2)CC1. The zero-order valence-electron chi connectivity index (χ0n) is 15.8. The largest absolute Gasteiger partial charge is 0.464 e. The van der Waals surface area contributed by atoms with Gasteiger partial charge >= 0.3 is 12.1 Å². The lowest BCUT2D eigenvalue weighted by Crippen LogP contribution is -2.39. The van der Waals surface area contributed by atoms with Crippen molar-refractivity contribution in [2.75, 3.05) is 32.9 Å². The number of amides is 1. The van der Waals surface area contributed by atoms with Crippen molar-refractivity contribution in [2.45, 2.75) is 38.9 Å². The Labute approximate surface area is 160 Å². The number of aliphatic hydroxyl groups excluding tert-OH is 1. The maximum Gasteiger partial charge on any atom is 0.410 e. The summed E-state index contributed by atoms with van der Waals surface area (Å²) < 4.78 is 15.4. The third kappa shape index (κ3) is 7.56. The summed E-state index contributed by atoms with van der Waals surface area (Å²) in [6.07, 6.45) is 1.12. The molecule has 0 spiro atoms. The van der Waals surface area contributed by atoms with Gasteiger partial charge in [0.15, 0.2) is 6.10 Å². The van der Waals surface area contributed by atoms with Crippen LogP contribution in [0.2, 0.25) is 0 Å². The van der Waals surface area contributed by atoms with Crippen molar-refractivity contribution < 1.29 is 28.9 Å². The van der Waals surface area contributed by atoms with Crippen LogP contribution in [0.4, 0.5) is 4.79 Å². The summed E-state index contributed by atoms with van der Waals surface area (Å²) in [5, 5.41) is 9.56. The van der Waals surface area contributed by atoms with Gasteiger partial charge in [0.05, 0.1) is 13.2 Å². The minimum absolute atomic E-state index is 0.0521. The molecule has 1 N–H and O–H groups in total. The molecule has 1 amide bonds. The Bertz CT molecular complexity index is 571. The Balaban J connectivity index is 1.57. The lowest BCUT2D eigenvalue weighted by Gasteiger charge is -2.31. The molecule has 2 rings (SSSR count). The average Bonchev–Trinajstić information content (AvgIpc) is 2.70. The molecule has 27 heavy (non-hydrogen) atoms. The van der Waals surface area contributed by atoms with Gasteiger partial charge in [-0.05, 0) is 37.7 Å². The minimum Gasteiger partial charge on any atom is -0.464 e. The average molecular weight is 379 g/mol. The summed E-state index contributed by atoms with van der Waals surface area (Å²) in [6.45, 7) is 3.98. The number of likely N-dealkylation sites (tertiary alicyclic amines) is 1. The van der Waals surface area contributed by atoms with Gasteiger partial charge in [-0.3, -0.25) is 0 Å². The van der Waals surface area contributed by atoms with E-state index < -0.39 is 12.1 Å². The zero-order chi connectivity index (χ0) is 19.5. The minimum atomic E-state index is -1.23. The van der Waals surface area contributed by atoms with E-state index in [0.717, 1.165) is 24.8 Å². The Hall–Kier alpha value is -2.12. The number of ether oxygens (including phenoxy) is 3. The van der Waals surface area contributed by atoms with Crippen LogP contribution in [-0.4, -0.2) is 61.1 Å². The van der Waals surface area contributed by atoms with Gasteiger partial charge in [-0.1, -0.05) is 30.3 Å². The summed E-state index contributed by atoms with van der Waals surface area (Å²) in [7, 11) is 0. The lowest BCUT2D eigenvalue weighted by molar-refractivity contribution is -0.156. The molecule has 1 fully saturated rings. The van der Waals surface area contributed by atoms with Crippen molar-refractivity contribution in [3.8, 4) is 0 Å². The summed E-state index contributed by atoms with van der Waals surface area (Å²) in [6, 6.07) is 9.62. The molecule has 150 valence electrons. The van der Waals surface area contributed by atoms with E-state index in [0.29, 0.717) is 25.6 Å². The molecule has 1 atom stereocenters. The normalized spacial score (nSPS) is 16.0. The second-order valence-corrected chi connectivity index (χ2v) is 6.60. The van der Waals surface area contributed by atoms with Crippen LogP contribution in [0.25, 0.3) is 0 Å². The fourth-order valence-electron chi connectivity index (χ4n) is 2.97. The van der Waals surface area contributed by atoms with Crippen LogP contribution >= 0.6 is 0 Å². The molecule has 1 aliphatic rings. The van der Waals surface area contributed by atoms with Gasteiger partial charge in [-0.2, -0.15) is 0 Å². The molecule has 1 saturated heterocycles. The summed E-state index contributed by atoms with van der Waals surface area (Å²) in [5.41, 5.74) is 0.975. The number of carbonyl (C=O) groups is 2. The molecule has 1 aromatic rings. The maximum atomic E-state index is 12.1. The van der Waals surface area contributed by atoms with Gasteiger partial charge < -0.3 is 24.2 Å². The summed E-state index contributed by atoms with van der Waals surface area (Å²) in [5.74, 6) is -0.192. The number of piperidine rings is 1. The smallest absolute Gasteiger partial charge is 0.410 e. The molecule has 1 aromatic carbocycles. The van der Waals surface area contributed by atoms with E-state index in [9.17, 15) is 14.7 Å². The van der Waals surface area contributed by atoms with Gasteiger partial charge in [0.1, 0.15) is 6.61 Å². The molecule has 1 unspecified atom stereocenters. The summed E-state index contributed by atoms with van der Waals surface area (Å²) in [4.78, 5) is 25.2. The molecule has 7 heteroatoms. The van der Waals surface area contributed by atoms with Gasteiger partial charge in [0.2, 0.25) is 0 Å². The predicted molar refractivity (Wildman–Crippen MR) is 99.0 cm³/mol. The number of aliphatic hydroxyl groups is 1. The van der Waals surface area contributed by atoms with Crippen molar-refractivity contribution >= 4 is 12.1 Å². The topological polar surface area (TPSA) is 85.3 Å². The van der Waals surface area contributed by atoms with Crippen molar-refractivity contribution in [1.82, 2.24) is 4.90 Å². The molecule has 0 aromatic heterocycles. The van der Waals surface area contributed by atoms with Crippen LogP contribution in [0.5, 0.6) is 0 Å². The van der Waals surface area contributed by atoms with Crippen LogP contribution in [0.1, 0.15) is 31.7 Å². The van der Waals surface area contributed by atoms with E-state index in [2.05, 4.69) is 0 Å². The van der Waals surface area contributed by atoms with Crippen molar-refractivity contribution in [3.63, 3.8) is 0 Å². The first-order valence-corrected chi connectivity index (χ1v) is 9.48. The van der Waals surface area contributed by atoms with Crippen LogP contribution in [0.15, 0.2) is 30.3 Å². The monoisotopic (exact) mass is 379 g/mol. The molecule has 0 aliphatic carbocycles. The third-order valence-corrected chi connectivity index (χ3v) is 4.58. The van der Waals surface area contributed by atoms with E-state index in [4.69, 9.17) is 14.2 Å². The molecule has 0 saturated carbocycles. The molecular formula is C20H29NO6. The Morgan fingerprint density at radius 2 is 1.89 bits per heavy atom. The highest BCUT2D eigenvalue weighted by atomic mass is 16.6. The van der Waals surface area contributed by atoms with Crippen molar-refractivity contribution in [1.29, 1.82) is 0 Å². The highest BCUT2D eigenvalue weighted by molar-refractivity contribution is 5.74. The molecule has 0 radical (unpaired) electrons. The quantitative estimate of drug-likeness (QED) is 0.524. The zero-order valence-corrected chi connectivity index (χ0v) is 15.8. The molecule has 1 heterocycles. The molecule has 0 bridgehead atoms. The van der Waals surface area contributed by atoms with E-state index >= 15 is 0 Å². The highest BCUT2D eigenvalue weighted by Crippen LogP contribution is 2.21. The van der Waals surface area contributed by atoms with Crippen LogP contribution < -0.4 is 0 Å². The molecule has 1 aliphatic heterocycles. The van der Waals surface area contributed by atoms with Gasteiger partial charge in [-0.15, -0.1) is 0 Å². The molecule has 7 nitrogen and oxygen atoms in total. The van der Waals surface area contributed by atoms with Gasteiger partial charge in [0.25, 0.3) is 0 Å². The maximum absolute atomic E-state index is 12.1. The second-order valence-electron chi connectivity index (χ2n) is 6.60. The predicted octanol–water partition coefficient (Wildman–Crippen LogP) is 2.37. The first-order chi connectivity index (χ1) is 13.1. The van der Waals surface area contributed by atoms with Gasteiger partial charge in [-0.25, -0.2) is 9.59 Å². The highest BCUT2D eigenvalue weighted by Gasteiger charge is 2.24. The Morgan fingerprint density at radius 3 is 2.56 bits per heavy atom. The van der Waals surface area contributed by atoms with E-state index in [1.54, 1.807) is 11.8 Å². The first-order valence-electron chi connectivity index (χ1n) is 9.48. The van der Waals surface area contributed by atoms with Crippen molar-refractivity contribution in [2.24, 2.45) is 5.92 Å². The van der Waals surface area contributed by atoms with Crippen molar-refractivity contribution in [3.05, 3.63) is 35.9 Å². The lowest BCUT2D eigenvalue weighted by atomic mass is 9.94. The number of nitrogens with zero attached hydrogens (tertiary/aromatic N) is 1. The van der Waals surface area contributed by atoms with Crippen LogP contribution in [0, 0.1) is 5.92 Å². The number of benzene rings is 1. The molecular weight excluding hydrogens is 350 g/mol. The second kappa shape index (κ2) is 11.6. The Kier molecular flexibility index (Phi) is 9.07. The van der Waals surface area contributed by atoms with E-state index in [1.807, 2.05) is 30.3 Å². The Morgan fingerprint density at radius 1 is 1.19 bits per heavy atom. The van der Waals surface area contributed by atoms with E-state index in [-0.39, 0.29) is 25.9 Å². The van der Waals surface area contributed by atoms with Crippen LogP contribution in [-0.2, 0) is 25.6 Å².